The van der Waals surface area contributed by atoms with E-state index in [9.17, 15) is 5.11 Å². The minimum Gasteiger partial charge on any atom is -0.508 e. The number of phenolic OH excluding ortho intramolecular Hbond substituents is 1. The molecule has 1 heterocycles. The molecule has 0 saturated carbocycles. The highest BCUT2D eigenvalue weighted by Crippen LogP contribution is 2.33. The molecule has 0 aliphatic carbocycles. The van der Waals surface area contributed by atoms with Crippen LogP contribution in [0.5, 0.6) is 5.75 Å². The molecule has 2 aromatic rings. The van der Waals surface area contributed by atoms with Crippen LogP contribution < -0.4 is 0 Å². The van der Waals surface area contributed by atoms with Crippen molar-refractivity contribution in [2.75, 3.05) is 0 Å². The van der Waals surface area contributed by atoms with Crippen LogP contribution >= 0.6 is 49.9 Å². The van der Waals surface area contributed by atoms with Gasteiger partial charge in [-0.2, -0.15) is 0 Å². The second-order valence-electron chi connectivity index (χ2n) is 2.69. The molecule has 0 amide bonds. The van der Waals surface area contributed by atoms with E-state index in [1.165, 1.54) is 9.58 Å². The summed E-state index contributed by atoms with van der Waals surface area (Å²) in [5, 5.41) is 11.4. The third-order valence-corrected chi connectivity index (χ3v) is 5.11. The van der Waals surface area contributed by atoms with E-state index in [1.54, 1.807) is 23.5 Å². The van der Waals surface area contributed by atoms with Gasteiger partial charge in [0.25, 0.3) is 0 Å². The summed E-state index contributed by atoms with van der Waals surface area (Å²) in [4.78, 5) is 1.29. The number of rotatable bonds is 1. The Morgan fingerprint density at radius 2 is 2.15 bits per heavy atom. The van der Waals surface area contributed by atoms with Crippen molar-refractivity contribution in [3.8, 4) is 5.75 Å². The topological polar surface area (TPSA) is 20.2 Å². The average molecular weight is 369 g/mol. The molecule has 0 bridgehead atoms. The molecule has 4 heteroatoms. The predicted octanol–water partition coefficient (Wildman–Crippen LogP) is 4.11. The van der Waals surface area contributed by atoms with E-state index in [-0.39, 0.29) is 0 Å². The third kappa shape index (κ3) is 1.85. The molecule has 68 valence electrons. The van der Waals surface area contributed by atoms with Gasteiger partial charge in [-0.15, -0.1) is 11.3 Å². The van der Waals surface area contributed by atoms with E-state index in [0.29, 0.717) is 5.75 Å². The Morgan fingerprint density at radius 1 is 1.38 bits per heavy atom. The van der Waals surface area contributed by atoms with Crippen LogP contribution in [-0.2, 0) is 5.33 Å². The van der Waals surface area contributed by atoms with Crippen molar-refractivity contribution in [2.24, 2.45) is 0 Å². The minimum atomic E-state index is 0.343. The third-order valence-electron chi connectivity index (χ3n) is 1.74. The maximum Gasteiger partial charge on any atom is 0.117 e. The highest BCUT2D eigenvalue weighted by Gasteiger charge is 2.05. The molecule has 0 saturated heterocycles. The Morgan fingerprint density at radius 3 is 2.85 bits per heavy atom. The van der Waals surface area contributed by atoms with Gasteiger partial charge in [-0.1, -0.05) is 15.9 Å². The van der Waals surface area contributed by atoms with Gasteiger partial charge in [-0.3, -0.25) is 0 Å². The second-order valence-corrected chi connectivity index (χ2v) is 5.55. The summed E-state index contributed by atoms with van der Waals surface area (Å²) < 4.78 is 2.37. The van der Waals surface area contributed by atoms with Crippen LogP contribution in [-0.4, -0.2) is 5.11 Å². The Hall–Kier alpha value is 0.190. The number of alkyl halides is 1. The van der Waals surface area contributed by atoms with Crippen molar-refractivity contribution >= 4 is 59.9 Å². The lowest BCUT2D eigenvalue weighted by Gasteiger charge is -1.94. The molecule has 2 rings (SSSR count). The molecular formula is C9H6BrIOS. The van der Waals surface area contributed by atoms with E-state index in [0.717, 1.165) is 14.3 Å². The Labute approximate surface area is 102 Å². The first-order valence-corrected chi connectivity index (χ1v) is 6.69. The maximum atomic E-state index is 9.38. The molecule has 0 fully saturated rings. The van der Waals surface area contributed by atoms with Gasteiger partial charge >= 0.3 is 0 Å². The van der Waals surface area contributed by atoms with E-state index in [1.807, 2.05) is 0 Å². The normalized spacial score (nSPS) is 10.9. The van der Waals surface area contributed by atoms with Gasteiger partial charge in [-0.05, 0) is 46.2 Å². The lowest BCUT2D eigenvalue weighted by molar-refractivity contribution is 0.476. The standard InChI is InChI=1S/C9H6BrIOS/c10-4-7-2-5-1-6(12)3-8(11)9(5)13-7/h1-3,12H,4H2. The molecule has 13 heavy (non-hydrogen) atoms. The van der Waals surface area contributed by atoms with Gasteiger partial charge in [0, 0.05) is 18.5 Å². The fourth-order valence-corrected chi connectivity index (χ4v) is 3.58. The van der Waals surface area contributed by atoms with Gasteiger partial charge in [0.05, 0.1) is 0 Å². The Balaban J connectivity index is 2.75. The van der Waals surface area contributed by atoms with E-state index in [2.05, 4.69) is 44.6 Å². The van der Waals surface area contributed by atoms with Gasteiger partial charge in [-0.25, -0.2) is 0 Å². The van der Waals surface area contributed by atoms with Crippen LogP contribution in [0.25, 0.3) is 10.1 Å². The first-order chi connectivity index (χ1) is 6.20. The fraction of sp³-hybridized carbons (Fsp3) is 0.111. The second kappa shape index (κ2) is 3.74. The zero-order valence-corrected chi connectivity index (χ0v) is 11.1. The van der Waals surface area contributed by atoms with Gasteiger partial charge in [0.15, 0.2) is 0 Å². The van der Waals surface area contributed by atoms with Crippen molar-refractivity contribution in [3.05, 3.63) is 26.6 Å². The average Bonchev–Trinajstić information content (AvgIpc) is 2.47. The lowest BCUT2D eigenvalue weighted by Crippen LogP contribution is -1.70. The van der Waals surface area contributed by atoms with Crippen LogP contribution in [0.4, 0.5) is 0 Å². The number of hydrogen-bond donors (Lipinski definition) is 1. The number of aromatic hydroxyl groups is 1. The number of hydrogen-bond acceptors (Lipinski definition) is 2. The molecule has 0 unspecified atom stereocenters. The van der Waals surface area contributed by atoms with E-state index < -0.39 is 0 Å². The van der Waals surface area contributed by atoms with E-state index in [4.69, 9.17) is 0 Å². The number of halogens is 2. The summed E-state index contributed by atoms with van der Waals surface area (Å²) in [6.07, 6.45) is 0. The number of fused-ring (bicyclic) bond motifs is 1. The van der Waals surface area contributed by atoms with Crippen LogP contribution in [0.3, 0.4) is 0 Å². The minimum absolute atomic E-state index is 0.343. The highest BCUT2D eigenvalue weighted by atomic mass is 127. The summed E-state index contributed by atoms with van der Waals surface area (Å²) in [5.41, 5.74) is 0. The Bertz CT molecular complexity index is 452. The molecule has 0 aliphatic heterocycles. The SMILES string of the molecule is Oc1cc(I)c2sc(CBr)cc2c1. The zero-order valence-electron chi connectivity index (χ0n) is 6.55. The fourth-order valence-electron chi connectivity index (χ4n) is 1.21. The van der Waals surface area contributed by atoms with Crippen molar-refractivity contribution in [1.82, 2.24) is 0 Å². The van der Waals surface area contributed by atoms with Gasteiger partial charge in [0.2, 0.25) is 0 Å². The van der Waals surface area contributed by atoms with Crippen LogP contribution in [0, 0.1) is 3.57 Å². The number of phenols is 1. The zero-order chi connectivity index (χ0) is 9.42. The molecule has 1 nitrogen and oxygen atoms in total. The molecule has 1 aromatic carbocycles. The summed E-state index contributed by atoms with van der Waals surface area (Å²) in [6, 6.07) is 5.70. The monoisotopic (exact) mass is 368 g/mol. The molecular weight excluding hydrogens is 363 g/mol. The first-order valence-electron chi connectivity index (χ1n) is 3.67. The number of thiophene rings is 1. The van der Waals surface area contributed by atoms with Crippen molar-refractivity contribution < 1.29 is 5.11 Å². The van der Waals surface area contributed by atoms with Crippen molar-refractivity contribution in [2.45, 2.75) is 5.33 Å². The van der Waals surface area contributed by atoms with Crippen molar-refractivity contribution in [3.63, 3.8) is 0 Å². The van der Waals surface area contributed by atoms with Crippen LogP contribution in [0.2, 0.25) is 0 Å². The van der Waals surface area contributed by atoms with Gasteiger partial charge < -0.3 is 5.11 Å². The maximum absolute atomic E-state index is 9.38. The molecule has 0 spiro atoms. The smallest absolute Gasteiger partial charge is 0.117 e. The molecule has 0 radical (unpaired) electrons. The predicted molar refractivity (Wildman–Crippen MR) is 68.8 cm³/mol. The molecule has 0 atom stereocenters. The van der Waals surface area contributed by atoms with Crippen LogP contribution in [0.15, 0.2) is 18.2 Å². The van der Waals surface area contributed by atoms with Crippen LogP contribution in [0.1, 0.15) is 4.88 Å². The first kappa shape index (κ1) is 9.73. The quantitative estimate of drug-likeness (QED) is 0.593. The molecule has 1 N–H and O–H groups in total. The number of benzene rings is 1. The molecule has 1 aromatic heterocycles. The summed E-state index contributed by atoms with van der Waals surface area (Å²) in [5.74, 6) is 0.343. The largest absolute Gasteiger partial charge is 0.508 e. The summed E-state index contributed by atoms with van der Waals surface area (Å²) >= 11 is 7.44. The molecule has 0 aliphatic rings. The summed E-state index contributed by atoms with van der Waals surface area (Å²) in [7, 11) is 0. The van der Waals surface area contributed by atoms with E-state index >= 15 is 0 Å². The Kier molecular flexibility index (Phi) is 2.80. The summed E-state index contributed by atoms with van der Waals surface area (Å²) in [6.45, 7) is 0. The van der Waals surface area contributed by atoms with Crippen molar-refractivity contribution in [1.29, 1.82) is 0 Å². The highest BCUT2D eigenvalue weighted by molar-refractivity contribution is 14.1. The lowest BCUT2D eigenvalue weighted by atomic mass is 10.2. The van der Waals surface area contributed by atoms with Gasteiger partial charge in [0.1, 0.15) is 5.75 Å².